The predicted octanol–water partition coefficient (Wildman–Crippen LogP) is 2.24. The Labute approximate surface area is 138 Å². The van der Waals surface area contributed by atoms with Gasteiger partial charge in [0.25, 0.3) is 0 Å². The molecule has 0 aliphatic rings. The molecule has 1 amide bonds. The number of benzene rings is 1. The van der Waals surface area contributed by atoms with Crippen LogP contribution in [0, 0.1) is 11.8 Å². The normalized spacial score (nSPS) is 13.7. The summed E-state index contributed by atoms with van der Waals surface area (Å²) >= 11 is 0. The van der Waals surface area contributed by atoms with Crippen LogP contribution in [-0.2, 0) is 20.9 Å². The molecular formula is C18H28N2O3. The summed E-state index contributed by atoms with van der Waals surface area (Å²) in [6.07, 6.45) is 0.579. The van der Waals surface area contributed by atoms with E-state index in [9.17, 15) is 9.59 Å². The molecule has 0 heterocycles. The van der Waals surface area contributed by atoms with Gasteiger partial charge in [0, 0.05) is 0 Å². The molecule has 0 saturated carbocycles. The van der Waals surface area contributed by atoms with E-state index in [1.807, 2.05) is 58.0 Å². The third-order valence-corrected chi connectivity index (χ3v) is 3.50. The first kappa shape index (κ1) is 19.2. The summed E-state index contributed by atoms with van der Waals surface area (Å²) in [5, 5.41) is 2.72. The number of ether oxygens (including phenoxy) is 1. The highest BCUT2D eigenvalue weighted by atomic mass is 16.5. The van der Waals surface area contributed by atoms with Crippen LogP contribution in [0.2, 0.25) is 0 Å². The Hall–Kier alpha value is -1.88. The maximum absolute atomic E-state index is 12.3. The number of nitrogens with one attached hydrogen (secondary N) is 1. The van der Waals surface area contributed by atoms with Crippen molar-refractivity contribution in [2.24, 2.45) is 17.6 Å². The van der Waals surface area contributed by atoms with Crippen molar-refractivity contribution in [2.45, 2.75) is 52.8 Å². The van der Waals surface area contributed by atoms with E-state index in [1.165, 1.54) is 0 Å². The third-order valence-electron chi connectivity index (χ3n) is 3.50. The minimum absolute atomic E-state index is 0.0755. The van der Waals surface area contributed by atoms with E-state index in [4.69, 9.17) is 10.5 Å². The number of rotatable bonds is 8. The van der Waals surface area contributed by atoms with Gasteiger partial charge in [-0.3, -0.25) is 4.79 Å². The fraction of sp³-hybridized carbons (Fsp3) is 0.556. The van der Waals surface area contributed by atoms with Crippen molar-refractivity contribution in [2.75, 3.05) is 0 Å². The van der Waals surface area contributed by atoms with Gasteiger partial charge in [0.1, 0.15) is 12.6 Å². The van der Waals surface area contributed by atoms with Crippen molar-refractivity contribution in [3.63, 3.8) is 0 Å². The zero-order valence-electron chi connectivity index (χ0n) is 14.4. The molecular weight excluding hydrogens is 292 g/mol. The molecule has 1 aromatic rings. The molecule has 0 radical (unpaired) electrons. The summed E-state index contributed by atoms with van der Waals surface area (Å²) in [4.78, 5) is 24.4. The summed E-state index contributed by atoms with van der Waals surface area (Å²) in [6.45, 7) is 7.92. The van der Waals surface area contributed by atoms with Gasteiger partial charge in [0.2, 0.25) is 5.91 Å². The van der Waals surface area contributed by atoms with Crippen LogP contribution in [0.1, 0.15) is 39.7 Å². The zero-order chi connectivity index (χ0) is 17.4. The molecule has 0 unspecified atom stereocenters. The molecule has 23 heavy (non-hydrogen) atoms. The lowest BCUT2D eigenvalue weighted by molar-refractivity contribution is -0.150. The average Bonchev–Trinajstić information content (AvgIpc) is 2.50. The van der Waals surface area contributed by atoms with Gasteiger partial charge >= 0.3 is 5.97 Å². The Morgan fingerprint density at radius 2 is 1.74 bits per heavy atom. The maximum atomic E-state index is 12.3. The average molecular weight is 320 g/mol. The summed E-state index contributed by atoms with van der Waals surface area (Å²) in [5.41, 5.74) is 6.78. The standard InChI is InChI=1S/C18H28N2O3/c1-12(2)10-15(19)17(21)20-16(13(3)4)18(22)23-11-14-8-6-5-7-9-14/h5-9,12-13,15-16H,10-11,19H2,1-4H3,(H,20,21)/t15-,16-/m0/s1. The first-order valence-corrected chi connectivity index (χ1v) is 8.07. The highest BCUT2D eigenvalue weighted by Crippen LogP contribution is 2.09. The Balaban J connectivity index is 2.59. The fourth-order valence-electron chi connectivity index (χ4n) is 2.19. The Kier molecular flexibility index (Phi) is 7.75. The Morgan fingerprint density at radius 1 is 1.13 bits per heavy atom. The number of esters is 1. The molecule has 0 aliphatic carbocycles. The first-order chi connectivity index (χ1) is 10.8. The highest BCUT2D eigenvalue weighted by Gasteiger charge is 2.27. The lowest BCUT2D eigenvalue weighted by Gasteiger charge is -2.23. The van der Waals surface area contributed by atoms with E-state index in [2.05, 4.69) is 5.32 Å². The summed E-state index contributed by atoms with van der Waals surface area (Å²) in [6, 6.07) is 8.14. The van der Waals surface area contributed by atoms with E-state index in [-0.39, 0.29) is 18.4 Å². The molecule has 5 heteroatoms. The van der Waals surface area contributed by atoms with Crippen LogP contribution in [0.25, 0.3) is 0 Å². The van der Waals surface area contributed by atoms with Crippen molar-refractivity contribution in [1.82, 2.24) is 5.32 Å². The number of hydrogen-bond acceptors (Lipinski definition) is 4. The number of nitrogens with two attached hydrogens (primary N) is 1. The summed E-state index contributed by atoms with van der Waals surface area (Å²) in [7, 11) is 0. The topological polar surface area (TPSA) is 81.4 Å². The van der Waals surface area contributed by atoms with Gasteiger partial charge in [0.15, 0.2) is 0 Å². The monoisotopic (exact) mass is 320 g/mol. The minimum atomic E-state index is -0.690. The van der Waals surface area contributed by atoms with Gasteiger partial charge in [-0.1, -0.05) is 58.0 Å². The predicted molar refractivity (Wildman–Crippen MR) is 90.4 cm³/mol. The van der Waals surface area contributed by atoms with Gasteiger partial charge in [-0.05, 0) is 23.8 Å². The Bertz CT molecular complexity index is 500. The number of hydrogen-bond donors (Lipinski definition) is 2. The Morgan fingerprint density at radius 3 is 2.26 bits per heavy atom. The lowest BCUT2D eigenvalue weighted by atomic mass is 10.0. The second kappa shape index (κ2) is 9.30. The van der Waals surface area contributed by atoms with Crippen LogP contribution in [-0.4, -0.2) is 24.0 Å². The van der Waals surface area contributed by atoms with E-state index < -0.39 is 18.1 Å². The minimum Gasteiger partial charge on any atom is -0.459 e. The SMILES string of the molecule is CC(C)C[C@H](N)C(=O)N[C@H](C(=O)OCc1ccccc1)C(C)C. The molecule has 1 rings (SSSR count). The van der Waals surface area contributed by atoms with Crippen LogP contribution < -0.4 is 11.1 Å². The lowest BCUT2D eigenvalue weighted by Crippen LogP contribution is -2.51. The smallest absolute Gasteiger partial charge is 0.329 e. The zero-order valence-corrected chi connectivity index (χ0v) is 14.4. The van der Waals surface area contributed by atoms with Gasteiger partial charge < -0.3 is 15.8 Å². The van der Waals surface area contributed by atoms with Crippen molar-refractivity contribution >= 4 is 11.9 Å². The number of carbonyl (C=O) groups excluding carboxylic acids is 2. The summed E-state index contributed by atoms with van der Waals surface area (Å²) < 4.78 is 5.32. The van der Waals surface area contributed by atoms with Crippen LogP contribution in [0.15, 0.2) is 30.3 Å². The van der Waals surface area contributed by atoms with E-state index in [1.54, 1.807) is 0 Å². The quantitative estimate of drug-likeness (QED) is 0.720. The second-order valence-corrected chi connectivity index (χ2v) is 6.56. The molecule has 0 fully saturated rings. The molecule has 0 spiro atoms. The third kappa shape index (κ3) is 6.82. The second-order valence-electron chi connectivity index (χ2n) is 6.56. The summed E-state index contributed by atoms with van der Waals surface area (Å²) in [5.74, 6) is -0.505. The van der Waals surface area contributed by atoms with E-state index in [0.717, 1.165) is 5.56 Å². The molecule has 128 valence electrons. The van der Waals surface area contributed by atoms with Crippen molar-refractivity contribution in [3.05, 3.63) is 35.9 Å². The van der Waals surface area contributed by atoms with Crippen molar-refractivity contribution < 1.29 is 14.3 Å². The van der Waals surface area contributed by atoms with E-state index in [0.29, 0.717) is 12.3 Å². The maximum Gasteiger partial charge on any atom is 0.329 e. The van der Waals surface area contributed by atoms with Gasteiger partial charge in [-0.25, -0.2) is 4.79 Å². The van der Waals surface area contributed by atoms with Gasteiger partial charge in [0.05, 0.1) is 6.04 Å². The molecule has 0 aromatic heterocycles. The van der Waals surface area contributed by atoms with E-state index >= 15 is 0 Å². The van der Waals surface area contributed by atoms with Crippen molar-refractivity contribution in [1.29, 1.82) is 0 Å². The molecule has 1 aromatic carbocycles. The van der Waals surface area contributed by atoms with Crippen LogP contribution in [0.5, 0.6) is 0 Å². The largest absolute Gasteiger partial charge is 0.459 e. The number of carbonyl (C=O) groups is 2. The van der Waals surface area contributed by atoms with Crippen LogP contribution >= 0.6 is 0 Å². The number of amides is 1. The fourth-order valence-corrected chi connectivity index (χ4v) is 2.19. The molecule has 0 saturated heterocycles. The molecule has 0 aliphatic heterocycles. The molecule has 5 nitrogen and oxygen atoms in total. The molecule has 0 bridgehead atoms. The molecule has 3 N–H and O–H groups in total. The first-order valence-electron chi connectivity index (χ1n) is 8.07. The van der Waals surface area contributed by atoms with Crippen LogP contribution in [0.4, 0.5) is 0 Å². The highest BCUT2D eigenvalue weighted by molar-refractivity contribution is 5.87. The van der Waals surface area contributed by atoms with Gasteiger partial charge in [-0.15, -0.1) is 0 Å². The van der Waals surface area contributed by atoms with Crippen molar-refractivity contribution in [3.8, 4) is 0 Å². The molecule has 2 atom stereocenters. The van der Waals surface area contributed by atoms with Gasteiger partial charge in [-0.2, -0.15) is 0 Å². The van der Waals surface area contributed by atoms with Crippen LogP contribution in [0.3, 0.4) is 0 Å².